The molecule has 0 radical (unpaired) electrons. The SMILES string of the molecule is O=c1[nH]cnn2cc(C#CCCO)cc12. The molecule has 2 heterocycles. The third-order valence-electron chi connectivity index (χ3n) is 1.88. The number of aromatic amines is 1. The van der Waals surface area contributed by atoms with Crippen LogP contribution in [-0.4, -0.2) is 26.3 Å². The average Bonchev–Trinajstić information content (AvgIpc) is 2.63. The zero-order valence-corrected chi connectivity index (χ0v) is 7.90. The summed E-state index contributed by atoms with van der Waals surface area (Å²) in [5, 5.41) is 12.5. The summed E-state index contributed by atoms with van der Waals surface area (Å²) in [6.45, 7) is 0.0409. The molecule has 76 valence electrons. The van der Waals surface area contributed by atoms with E-state index in [0.717, 1.165) is 0 Å². The maximum Gasteiger partial charge on any atom is 0.275 e. The van der Waals surface area contributed by atoms with Gasteiger partial charge in [0.2, 0.25) is 0 Å². The summed E-state index contributed by atoms with van der Waals surface area (Å²) < 4.78 is 1.47. The summed E-state index contributed by atoms with van der Waals surface area (Å²) in [5.74, 6) is 5.62. The number of hydrogen-bond donors (Lipinski definition) is 2. The Morgan fingerprint density at radius 1 is 1.60 bits per heavy atom. The molecule has 2 rings (SSSR count). The fraction of sp³-hybridized carbons (Fsp3) is 0.200. The number of aliphatic hydroxyl groups excluding tert-OH is 1. The van der Waals surface area contributed by atoms with Gasteiger partial charge in [-0.2, -0.15) is 5.10 Å². The molecule has 0 spiro atoms. The molecular weight excluding hydrogens is 194 g/mol. The van der Waals surface area contributed by atoms with Crippen molar-refractivity contribution in [2.75, 3.05) is 6.61 Å². The Labute approximate surface area is 85.4 Å². The van der Waals surface area contributed by atoms with Crippen molar-refractivity contribution in [2.24, 2.45) is 0 Å². The van der Waals surface area contributed by atoms with Crippen LogP contribution < -0.4 is 5.56 Å². The van der Waals surface area contributed by atoms with Gasteiger partial charge in [-0.15, -0.1) is 0 Å². The maximum absolute atomic E-state index is 11.3. The van der Waals surface area contributed by atoms with Crippen LogP contribution in [0.1, 0.15) is 12.0 Å². The van der Waals surface area contributed by atoms with Crippen LogP contribution in [0.3, 0.4) is 0 Å². The molecule has 0 atom stereocenters. The first-order chi connectivity index (χ1) is 7.31. The lowest BCUT2D eigenvalue weighted by molar-refractivity contribution is 0.305. The van der Waals surface area contributed by atoms with Crippen LogP contribution in [0.5, 0.6) is 0 Å². The Morgan fingerprint density at radius 2 is 2.47 bits per heavy atom. The van der Waals surface area contributed by atoms with E-state index in [1.807, 2.05) is 0 Å². The van der Waals surface area contributed by atoms with Gasteiger partial charge < -0.3 is 10.1 Å². The first-order valence-electron chi connectivity index (χ1n) is 4.47. The second kappa shape index (κ2) is 3.98. The molecule has 0 amide bonds. The number of aliphatic hydroxyl groups is 1. The van der Waals surface area contributed by atoms with Crippen molar-refractivity contribution >= 4 is 5.52 Å². The highest BCUT2D eigenvalue weighted by atomic mass is 16.2. The lowest BCUT2D eigenvalue weighted by Crippen LogP contribution is -2.09. The van der Waals surface area contributed by atoms with Gasteiger partial charge in [0.15, 0.2) is 0 Å². The van der Waals surface area contributed by atoms with Crippen molar-refractivity contribution in [1.29, 1.82) is 0 Å². The highest BCUT2D eigenvalue weighted by molar-refractivity contribution is 5.51. The molecule has 15 heavy (non-hydrogen) atoms. The van der Waals surface area contributed by atoms with Gasteiger partial charge >= 0.3 is 0 Å². The van der Waals surface area contributed by atoms with Crippen molar-refractivity contribution in [3.63, 3.8) is 0 Å². The number of rotatable bonds is 1. The van der Waals surface area contributed by atoms with Crippen LogP contribution in [0.4, 0.5) is 0 Å². The van der Waals surface area contributed by atoms with E-state index in [9.17, 15) is 4.79 Å². The molecule has 5 heteroatoms. The van der Waals surface area contributed by atoms with Gasteiger partial charge in [0, 0.05) is 18.2 Å². The summed E-state index contributed by atoms with van der Waals surface area (Å²) in [6, 6.07) is 1.66. The Bertz CT molecular complexity index is 586. The molecule has 2 aromatic rings. The predicted molar refractivity (Wildman–Crippen MR) is 54.4 cm³/mol. The average molecular weight is 203 g/mol. The van der Waals surface area contributed by atoms with E-state index in [1.165, 1.54) is 10.8 Å². The van der Waals surface area contributed by atoms with Crippen molar-refractivity contribution in [1.82, 2.24) is 14.6 Å². The molecule has 2 N–H and O–H groups in total. The van der Waals surface area contributed by atoms with E-state index in [4.69, 9.17) is 5.11 Å². The number of nitrogens with one attached hydrogen (secondary N) is 1. The van der Waals surface area contributed by atoms with Crippen molar-refractivity contribution < 1.29 is 5.11 Å². The number of aromatic nitrogens is 3. The normalized spacial score (nSPS) is 9.93. The molecule has 0 saturated carbocycles. The van der Waals surface area contributed by atoms with Crippen LogP contribution >= 0.6 is 0 Å². The Hall–Kier alpha value is -2.06. The van der Waals surface area contributed by atoms with Gasteiger partial charge in [-0.1, -0.05) is 11.8 Å². The van der Waals surface area contributed by atoms with Gasteiger partial charge in [-0.3, -0.25) is 4.79 Å². The summed E-state index contributed by atoms with van der Waals surface area (Å²) in [4.78, 5) is 13.8. The van der Waals surface area contributed by atoms with Crippen molar-refractivity contribution in [3.8, 4) is 11.8 Å². The van der Waals surface area contributed by atoms with Crippen LogP contribution in [0.15, 0.2) is 23.4 Å². The third kappa shape index (κ3) is 1.90. The first-order valence-corrected chi connectivity index (χ1v) is 4.47. The first kappa shape index (κ1) is 9.49. The van der Waals surface area contributed by atoms with Gasteiger partial charge in [0.25, 0.3) is 5.56 Å². The second-order valence-corrected chi connectivity index (χ2v) is 2.95. The Balaban J connectivity index is 2.45. The zero-order chi connectivity index (χ0) is 10.7. The largest absolute Gasteiger partial charge is 0.395 e. The predicted octanol–water partition coefficient (Wildman–Crippen LogP) is -0.244. The van der Waals surface area contributed by atoms with Crippen LogP contribution in [0.25, 0.3) is 5.52 Å². The lowest BCUT2D eigenvalue weighted by Gasteiger charge is -1.87. The summed E-state index contributed by atoms with van der Waals surface area (Å²) in [7, 11) is 0. The number of nitrogens with zero attached hydrogens (tertiary/aromatic N) is 2. The molecule has 0 fully saturated rings. The molecule has 0 aromatic carbocycles. The smallest absolute Gasteiger partial charge is 0.275 e. The molecule has 0 aliphatic carbocycles. The van der Waals surface area contributed by atoms with Gasteiger partial charge in [0.1, 0.15) is 11.8 Å². The number of hydrogen-bond acceptors (Lipinski definition) is 3. The minimum Gasteiger partial charge on any atom is -0.395 e. The van der Waals surface area contributed by atoms with Crippen LogP contribution in [-0.2, 0) is 0 Å². The van der Waals surface area contributed by atoms with Gasteiger partial charge in [-0.05, 0) is 6.07 Å². The monoisotopic (exact) mass is 203 g/mol. The Kier molecular flexibility index (Phi) is 2.52. The topological polar surface area (TPSA) is 70.4 Å². The number of fused-ring (bicyclic) bond motifs is 1. The molecule has 5 nitrogen and oxygen atoms in total. The highest BCUT2D eigenvalue weighted by Gasteiger charge is 2.00. The molecule has 0 saturated heterocycles. The molecule has 0 aliphatic rings. The summed E-state index contributed by atoms with van der Waals surface area (Å²) in [5.41, 5.74) is 0.985. The molecule has 0 unspecified atom stereocenters. The Morgan fingerprint density at radius 3 is 3.20 bits per heavy atom. The molecule has 0 aliphatic heterocycles. The fourth-order valence-corrected chi connectivity index (χ4v) is 1.23. The van der Waals surface area contributed by atoms with E-state index in [0.29, 0.717) is 17.5 Å². The minimum absolute atomic E-state index is 0.0409. The quantitative estimate of drug-likeness (QED) is 0.628. The van der Waals surface area contributed by atoms with Crippen molar-refractivity contribution in [2.45, 2.75) is 6.42 Å². The summed E-state index contributed by atoms with van der Waals surface area (Å²) >= 11 is 0. The standard InChI is InChI=1S/C10H9N3O2/c14-4-2-1-3-8-5-9-10(15)11-7-12-13(9)6-8/h5-7,14H,2,4H2,(H,11,12,15). The van der Waals surface area contributed by atoms with E-state index >= 15 is 0 Å². The number of H-pyrrole nitrogens is 1. The lowest BCUT2D eigenvalue weighted by atomic mass is 10.3. The molecule has 2 aromatic heterocycles. The van der Waals surface area contributed by atoms with Crippen LogP contribution in [0.2, 0.25) is 0 Å². The van der Waals surface area contributed by atoms with E-state index in [-0.39, 0.29) is 12.2 Å². The van der Waals surface area contributed by atoms with Gasteiger partial charge in [0.05, 0.1) is 6.61 Å². The molecule has 0 bridgehead atoms. The van der Waals surface area contributed by atoms with E-state index < -0.39 is 0 Å². The van der Waals surface area contributed by atoms with Gasteiger partial charge in [-0.25, -0.2) is 4.52 Å². The summed E-state index contributed by atoms with van der Waals surface area (Å²) in [6.07, 6.45) is 3.44. The minimum atomic E-state index is -0.194. The highest BCUT2D eigenvalue weighted by Crippen LogP contribution is 2.01. The van der Waals surface area contributed by atoms with Crippen molar-refractivity contribution in [3.05, 3.63) is 34.5 Å². The fourth-order valence-electron chi connectivity index (χ4n) is 1.23. The van der Waals surface area contributed by atoms with Crippen LogP contribution in [0, 0.1) is 11.8 Å². The van der Waals surface area contributed by atoms with E-state index in [1.54, 1.807) is 12.3 Å². The third-order valence-corrected chi connectivity index (χ3v) is 1.88. The molecular formula is C10H9N3O2. The maximum atomic E-state index is 11.3. The van der Waals surface area contributed by atoms with E-state index in [2.05, 4.69) is 21.9 Å². The second-order valence-electron chi connectivity index (χ2n) is 2.95. The zero-order valence-electron chi connectivity index (χ0n) is 7.90.